The van der Waals surface area contributed by atoms with Crippen LogP contribution >= 0.6 is 15.9 Å². The lowest BCUT2D eigenvalue weighted by molar-refractivity contribution is -0.137. The SMILES string of the molecule is O=C(Nc1cnn(COc2ccc(Br)cc2)c1)c1cccc(C(F)(F)F)c1. The van der Waals surface area contributed by atoms with Gasteiger partial charge in [-0.15, -0.1) is 0 Å². The Morgan fingerprint density at radius 3 is 2.63 bits per heavy atom. The van der Waals surface area contributed by atoms with Crippen LogP contribution < -0.4 is 10.1 Å². The number of carbonyl (C=O) groups is 1. The number of nitrogens with zero attached hydrogens (tertiary/aromatic N) is 2. The third kappa shape index (κ3) is 5.10. The number of anilines is 1. The summed E-state index contributed by atoms with van der Waals surface area (Å²) in [6.07, 6.45) is -1.60. The summed E-state index contributed by atoms with van der Waals surface area (Å²) in [4.78, 5) is 12.2. The zero-order valence-electron chi connectivity index (χ0n) is 13.7. The van der Waals surface area contributed by atoms with E-state index in [9.17, 15) is 18.0 Å². The van der Waals surface area contributed by atoms with E-state index < -0.39 is 17.6 Å². The first-order valence-corrected chi connectivity index (χ1v) is 8.50. The Morgan fingerprint density at radius 2 is 1.93 bits per heavy atom. The number of hydrogen-bond donors (Lipinski definition) is 1. The highest BCUT2D eigenvalue weighted by Crippen LogP contribution is 2.29. The van der Waals surface area contributed by atoms with Crippen molar-refractivity contribution < 1.29 is 22.7 Å². The largest absolute Gasteiger partial charge is 0.471 e. The van der Waals surface area contributed by atoms with Gasteiger partial charge in [-0.2, -0.15) is 18.3 Å². The first-order chi connectivity index (χ1) is 12.8. The highest BCUT2D eigenvalue weighted by Gasteiger charge is 2.30. The topological polar surface area (TPSA) is 56.2 Å². The summed E-state index contributed by atoms with van der Waals surface area (Å²) in [5.41, 5.74) is -0.630. The normalized spacial score (nSPS) is 11.3. The third-order valence-corrected chi connectivity index (χ3v) is 4.05. The molecular weight excluding hydrogens is 427 g/mol. The van der Waals surface area contributed by atoms with Crippen LogP contribution in [0, 0.1) is 0 Å². The van der Waals surface area contributed by atoms with Gasteiger partial charge in [0.25, 0.3) is 5.91 Å². The highest BCUT2D eigenvalue weighted by atomic mass is 79.9. The average molecular weight is 440 g/mol. The molecule has 0 aliphatic rings. The molecule has 0 saturated carbocycles. The number of halogens is 4. The number of benzene rings is 2. The second-order valence-electron chi connectivity index (χ2n) is 5.53. The lowest BCUT2D eigenvalue weighted by Gasteiger charge is -2.08. The molecule has 0 bridgehead atoms. The standard InChI is InChI=1S/C18H13BrF3N3O2/c19-14-4-6-16(7-5-14)27-11-25-10-15(9-23-25)24-17(26)12-2-1-3-13(8-12)18(20,21)22/h1-10H,11H2,(H,24,26). The van der Waals surface area contributed by atoms with E-state index in [0.29, 0.717) is 11.4 Å². The maximum atomic E-state index is 12.7. The third-order valence-electron chi connectivity index (χ3n) is 3.52. The molecule has 1 heterocycles. The predicted octanol–water partition coefficient (Wildman–Crippen LogP) is 4.95. The molecule has 0 fully saturated rings. The van der Waals surface area contributed by atoms with E-state index in [1.807, 2.05) is 12.1 Å². The zero-order valence-corrected chi connectivity index (χ0v) is 15.3. The van der Waals surface area contributed by atoms with Gasteiger partial charge in [0.1, 0.15) is 5.75 Å². The van der Waals surface area contributed by atoms with Crippen LogP contribution in [-0.4, -0.2) is 15.7 Å². The zero-order chi connectivity index (χ0) is 19.4. The molecule has 3 rings (SSSR count). The first kappa shape index (κ1) is 19.0. The van der Waals surface area contributed by atoms with Crippen molar-refractivity contribution in [3.63, 3.8) is 0 Å². The van der Waals surface area contributed by atoms with Crippen LogP contribution in [-0.2, 0) is 12.9 Å². The van der Waals surface area contributed by atoms with Crippen LogP contribution in [0.3, 0.4) is 0 Å². The van der Waals surface area contributed by atoms with Crippen LogP contribution in [0.5, 0.6) is 5.75 Å². The van der Waals surface area contributed by atoms with Crippen molar-refractivity contribution in [3.05, 3.63) is 76.5 Å². The van der Waals surface area contributed by atoms with E-state index >= 15 is 0 Å². The van der Waals surface area contributed by atoms with E-state index in [2.05, 4.69) is 26.3 Å². The van der Waals surface area contributed by atoms with E-state index in [1.54, 1.807) is 12.1 Å². The lowest BCUT2D eigenvalue weighted by Crippen LogP contribution is -2.13. The second kappa shape index (κ2) is 7.83. The summed E-state index contributed by atoms with van der Waals surface area (Å²) in [5, 5.41) is 6.55. The molecule has 0 unspecified atom stereocenters. The second-order valence-corrected chi connectivity index (χ2v) is 6.44. The molecule has 9 heteroatoms. The van der Waals surface area contributed by atoms with Crippen LogP contribution in [0.1, 0.15) is 15.9 Å². The molecular formula is C18H13BrF3N3O2. The molecule has 3 aromatic rings. The molecule has 27 heavy (non-hydrogen) atoms. The number of carbonyl (C=O) groups excluding carboxylic acids is 1. The van der Waals surface area contributed by atoms with Crippen molar-refractivity contribution in [2.75, 3.05) is 5.32 Å². The fourth-order valence-corrected chi connectivity index (χ4v) is 2.47. The van der Waals surface area contributed by atoms with Gasteiger partial charge in [0, 0.05) is 10.0 Å². The summed E-state index contributed by atoms with van der Waals surface area (Å²) in [6.45, 7) is 0.112. The molecule has 1 N–H and O–H groups in total. The summed E-state index contributed by atoms with van der Waals surface area (Å²) in [7, 11) is 0. The van der Waals surface area contributed by atoms with Crippen LogP contribution in [0.15, 0.2) is 65.4 Å². The number of alkyl halides is 3. The lowest BCUT2D eigenvalue weighted by atomic mass is 10.1. The van der Waals surface area contributed by atoms with Gasteiger partial charge in [-0.1, -0.05) is 22.0 Å². The number of amides is 1. The predicted molar refractivity (Wildman–Crippen MR) is 96.4 cm³/mol. The van der Waals surface area contributed by atoms with Crippen LogP contribution in [0.2, 0.25) is 0 Å². The Labute approximate surface area is 160 Å². The van der Waals surface area contributed by atoms with Crippen LogP contribution in [0.25, 0.3) is 0 Å². The molecule has 140 valence electrons. The molecule has 1 amide bonds. The summed E-state index contributed by atoms with van der Waals surface area (Å²) in [6, 6.07) is 11.4. The van der Waals surface area contributed by atoms with Crippen molar-refractivity contribution in [3.8, 4) is 5.75 Å². The van der Waals surface area contributed by atoms with E-state index in [-0.39, 0.29) is 12.3 Å². The Hall–Kier alpha value is -2.81. The van der Waals surface area contributed by atoms with Gasteiger partial charge >= 0.3 is 6.18 Å². The average Bonchev–Trinajstić information content (AvgIpc) is 3.08. The highest BCUT2D eigenvalue weighted by molar-refractivity contribution is 9.10. The summed E-state index contributed by atoms with van der Waals surface area (Å²) in [5.74, 6) is -0.0160. The monoisotopic (exact) mass is 439 g/mol. The minimum atomic E-state index is -4.51. The van der Waals surface area contributed by atoms with Crippen molar-refractivity contribution in [1.82, 2.24) is 9.78 Å². The molecule has 0 saturated heterocycles. The van der Waals surface area contributed by atoms with Crippen molar-refractivity contribution >= 4 is 27.5 Å². The Morgan fingerprint density at radius 1 is 1.19 bits per heavy atom. The van der Waals surface area contributed by atoms with Crippen molar-refractivity contribution in [2.24, 2.45) is 0 Å². The minimum Gasteiger partial charge on any atom is -0.471 e. The van der Waals surface area contributed by atoms with E-state index in [1.165, 1.54) is 29.2 Å². The number of rotatable bonds is 5. The number of aromatic nitrogens is 2. The Kier molecular flexibility index (Phi) is 5.50. The van der Waals surface area contributed by atoms with E-state index in [0.717, 1.165) is 16.6 Å². The van der Waals surface area contributed by atoms with Crippen molar-refractivity contribution in [1.29, 1.82) is 0 Å². The molecule has 1 aromatic heterocycles. The maximum Gasteiger partial charge on any atom is 0.416 e. The summed E-state index contributed by atoms with van der Waals surface area (Å²) >= 11 is 3.33. The number of nitrogens with one attached hydrogen (secondary N) is 1. The fraction of sp³-hybridized carbons (Fsp3) is 0.111. The van der Waals surface area contributed by atoms with Crippen molar-refractivity contribution in [2.45, 2.75) is 12.9 Å². The maximum absolute atomic E-state index is 12.7. The first-order valence-electron chi connectivity index (χ1n) is 7.71. The molecule has 0 aliphatic carbocycles. The molecule has 0 atom stereocenters. The Balaban J connectivity index is 1.62. The molecule has 0 radical (unpaired) electrons. The smallest absolute Gasteiger partial charge is 0.416 e. The van der Waals surface area contributed by atoms with Gasteiger partial charge in [0.05, 0.1) is 23.6 Å². The minimum absolute atomic E-state index is 0.0938. The van der Waals surface area contributed by atoms with Crippen LogP contribution in [0.4, 0.5) is 18.9 Å². The fourth-order valence-electron chi connectivity index (χ4n) is 2.21. The Bertz CT molecular complexity index is 940. The molecule has 2 aromatic carbocycles. The van der Waals surface area contributed by atoms with Gasteiger partial charge in [-0.25, -0.2) is 4.68 Å². The van der Waals surface area contributed by atoms with Gasteiger partial charge < -0.3 is 10.1 Å². The van der Waals surface area contributed by atoms with Gasteiger partial charge in [0.2, 0.25) is 0 Å². The van der Waals surface area contributed by atoms with Gasteiger partial charge in [-0.3, -0.25) is 4.79 Å². The number of ether oxygens (including phenoxy) is 1. The van der Waals surface area contributed by atoms with Gasteiger partial charge in [-0.05, 0) is 42.5 Å². The van der Waals surface area contributed by atoms with E-state index in [4.69, 9.17) is 4.74 Å². The quantitative estimate of drug-likeness (QED) is 0.611. The number of hydrogen-bond acceptors (Lipinski definition) is 3. The molecule has 0 aliphatic heterocycles. The molecule has 0 spiro atoms. The van der Waals surface area contributed by atoms with Gasteiger partial charge in [0.15, 0.2) is 6.73 Å². The molecule has 5 nitrogen and oxygen atoms in total. The summed E-state index contributed by atoms with van der Waals surface area (Å²) < 4.78 is 46.2.